The van der Waals surface area contributed by atoms with E-state index < -0.39 is 17.7 Å². The van der Waals surface area contributed by atoms with Gasteiger partial charge in [0.25, 0.3) is 5.91 Å². The van der Waals surface area contributed by atoms with E-state index in [2.05, 4.69) is 20.2 Å². The van der Waals surface area contributed by atoms with Gasteiger partial charge in [-0.1, -0.05) is 19.1 Å². The van der Waals surface area contributed by atoms with Crippen LogP contribution in [0.15, 0.2) is 30.5 Å². The van der Waals surface area contributed by atoms with Crippen LogP contribution in [0, 0.1) is 5.82 Å². The van der Waals surface area contributed by atoms with Gasteiger partial charge < -0.3 is 19.9 Å². The zero-order valence-electron chi connectivity index (χ0n) is 18.1. The first kappa shape index (κ1) is 22.2. The van der Waals surface area contributed by atoms with Gasteiger partial charge in [-0.25, -0.2) is 9.37 Å². The molecule has 3 heterocycles. The molecular weight excluding hydrogens is 431 g/mol. The van der Waals surface area contributed by atoms with E-state index in [9.17, 15) is 23.9 Å². The number of anilines is 1. The van der Waals surface area contributed by atoms with Gasteiger partial charge in [-0.05, 0) is 31.0 Å². The average molecular weight is 454 g/mol. The second-order valence-electron chi connectivity index (χ2n) is 7.91. The van der Waals surface area contributed by atoms with Crippen LogP contribution >= 0.6 is 0 Å². The number of carbonyl (C=O) groups excluding carboxylic acids is 2. The molecule has 11 heteroatoms. The number of carboxylic acid groups (broad SMARTS) is 1. The Bertz CT molecular complexity index is 1200. The van der Waals surface area contributed by atoms with Crippen molar-refractivity contribution in [3.05, 3.63) is 53.2 Å². The van der Waals surface area contributed by atoms with E-state index in [4.69, 9.17) is 0 Å². The molecule has 0 bridgehead atoms. The molecule has 1 aromatic carbocycles. The summed E-state index contributed by atoms with van der Waals surface area (Å²) in [4.78, 5) is 47.7. The molecule has 0 spiro atoms. The number of Topliss-reactive ketones (excluding diaryl/α,β-unsaturated/α-hetero) is 1. The van der Waals surface area contributed by atoms with Gasteiger partial charge in [-0.3, -0.25) is 19.5 Å². The van der Waals surface area contributed by atoms with Gasteiger partial charge in [0.1, 0.15) is 29.0 Å². The van der Waals surface area contributed by atoms with E-state index in [1.807, 2.05) is 11.8 Å². The van der Waals surface area contributed by atoms with Crippen LogP contribution in [0.25, 0.3) is 11.4 Å². The quantitative estimate of drug-likeness (QED) is 0.475. The summed E-state index contributed by atoms with van der Waals surface area (Å²) >= 11 is 0. The summed E-state index contributed by atoms with van der Waals surface area (Å²) in [6.07, 6.45) is 2.23. The third kappa shape index (κ3) is 4.21. The second-order valence-corrected chi connectivity index (χ2v) is 7.91. The number of benzene rings is 1. The number of nitrogens with one attached hydrogen (secondary N) is 2. The number of amides is 1. The van der Waals surface area contributed by atoms with Crippen molar-refractivity contribution >= 4 is 23.5 Å². The van der Waals surface area contributed by atoms with E-state index in [1.165, 1.54) is 42.3 Å². The van der Waals surface area contributed by atoms with Crippen LogP contribution in [-0.2, 0) is 9.59 Å². The smallest absolute Gasteiger partial charge is 0.317 e. The number of hydrogen-bond donors (Lipinski definition) is 3. The van der Waals surface area contributed by atoms with Crippen molar-refractivity contribution in [1.29, 1.82) is 0 Å². The van der Waals surface area contributed by atoms with Crippen molar-refractivity contribution in [1.82, 2.24) is 25.1 Å². The molecule has 3 N–H and O–H groups in total. The lowest BCUT2D eigenvalue weighted by atomic mass is 9.93. The fourth-order valence-electron chi connectivity index (χ4n) is 3.99. The molecule has 1 aliphatic rings. The minimum absolute atomic E-state index is 0.0184. The van der Waals surface area contributed by atoms with Crippen LogP contribution in [0.1, 0.15) is 47.9 Å². The molecule has 172 valence electrons. The number of halogens is 1. The molecule has 33 heavy (non-hydrogen) atoms. The number of carbonyl (C=O) groups is 3. The number of rotatable bonds is 8. The van der Waals surface area contributed by atoms with Crippen molar-refractivity contribution in [3.8, 4) is 11.4 Å². The summed E-state index contributed by atoms with van der Waals surface area (Å²) in [5.41, 5.74) is 1.22. The van der Waals surface area contributed by atoms with Crippen LogP contribution in [0.4, 0.5) is 10.2 Å². The largest absolute Gasteiger partial charge is 0.480 e. The van der Waals surface area contributed by atoms with E-state index in [0.29, 0.717) is 23.5 Å². The summed E-state index contributed by atoms with van der Waals surface area (Å²) in [7, 11) is 0. The predicted octanol–water partition coefficient (Wildman–Crippen LogP) is 2.37. The lowest BCUT2D eigenvalue weighted by molar-refractivity contribution is -0.137. The Labute approximate surface area is 188 Å². The van der Waals surface area contributed by atoms with Gasteiger partial charge in [0.05, 0.1) is 30.7 Å². The minimum atomic E-state index is -1.15. The highest BCUT2D eigenvalue weighted by Gasteiger charge is 2.35. The standard InChI is InChI=1S/C22H23FN6O4/c1-3-8-28-11-29(10-12(2)30)21(31)18-20(28)26-19(25-18)15-9-24-27-17(15)16(22(32)33)13-4-6-14(23)7-5-13/h4-7,9,16H,3,8,10-11H2,1-2H3,(H,24,27)(H,25,26)(H,32,33). The van der Waals surface area contributed by atoms with Crippen LogP contribution in [-0.4, -0.2) is 67.6 Å². The maximum absolute atomic E-state index is 13.4. The Morgan fingerprint density at radius 1 is 1.24 bits per heavy atom. The highest BCUT2D eigenvalue weighted by molar-refractivity contribution is 6.01. The number of aliphatic carboxylic acids is 1. The molecule has 0 aliphatic carbocycles. The first-order chi connectivity index (χ1) is 15.8. The maximum atomic E-state index is 13.4. The number of nitrogens with zero attached hydrogens (tertiary/aromatic N) is 4. The molecule has 10 nitrogen and oxygen atoms in total. The lowest BCUT2D eigenvalue weighted by Gasteiger charge is -2.34. The number of aromatic nitrogens is 4. The first-order valence-corrected chi connectivity index (χ1v) is 10.5. The Balaban J connectivity index is 1.77. The van der Waals surface area contributed by atoms with Crippen molar-refractivity contribution in [3.63, 3.8) is 0 Å². The van der Waals surface area contributed by atoms with E-state index in [0.717, 1.165) is 6.42 Å². The van der Waals surface area contributed by atoms with Gasteiger partial charge in [0.2, 0.25) is 0 Å². The second kappa shape index (κ2) is 8.85. The molecule has 1 amide bonds. The summed E-state index contributed by atoms with van der Waals surface area (Å²) in [6, 6.07) is 5.19. The zero-order valence-corrected chi connectivity index (χ0v) is 18.1. The van der Waals surface area contributed by atoms with E-state index in [1.54, 1.807) is 0 Å². The number of carboxylic acids is 1. The predicted molar refractivity (Wildman–Crippen MR) is 116 cm³/mol. The van der Waals surface area contributed by atoms with Gasteiger partial charge in [-0.2, -0.15) is 5.10 Å². The SMILES string of the molecule is CCCN1CN(CC(C)=O)C(=O)c2[nH]c(-c3cn[nH]c3C(C(=O)O)c3ccc(F)cc3)nc21. The number of hydrogen-bond acceptors (Lipinski definition) is 6. The molecule has 0 fully saturated rings. The Morgan fingerprint density at radius 2 is 1.97 bits per heavy atom. The minimum Gasteiger partial charge on any atom is -0.480 e. The lowest BCUT2D eigenvalue weighted by Crippen LogP contribution is -2.48. The van der Waals surface area contributed by atoms with Gasteiger partial charge >= 0.3 is 5.97 Å². The molecule has 1 atom stereocenters. The third-order valence-electron chi connectivity index (χ3n) is 5.40. The van der Waals surface area contributed by atoms with Crippen molar-refractivity contribution in [2.75, 3.05) is 24.7 Å². The molecule has 0 radical (unpaired) electrons. The van der Waals surface area contributed by atoms with Crippen LogP contribution in [0.2, 0.25) is 0 Å². The Kier molecular flexibility index (Phi) is 5.95. The third-order valence-corrected chi connectivity index (χ3v) is 5.40. The van der Waals surface area contributed by atoms with Crippen LogP contribution in [0.3, 0.4) is 0 Å². The van der Waals surface area contributed by atoms with Crippen molar-refractivity contribution in [2.45, 2.75) is 26.2 Å². The highest BCUT2D eigenvalue weighted by Crippen LogP contribution is 2.34. The van der Waals surface area contributed by atoms with Gasteiger partial charge in [0.15, 0.2) is 5.82 Å². The summed E-state index contributed by atoms with van der Waals surface area (Å²) in [6.45, 7) is 4.24. The van der Waals surface area contributed by atoms with Gasteiger partial charge in [0, 0.05) is 6.54 Å². The molecule has 1 aliphatic heterocycles. The summed E-state index contributed by atoms with van der Waals surface area (Å²) in [5, 5.41) is 16.6. The monoisotopic (exact) mass is 454 g/mol. The molecule has 4 rings (SSSR count). The van der Waals surface area contributed by atoms with Crippen LogP contribution in [0.5, 0.6) is 0 Å². The van der Waals surface area contributed by atoms with Crippen molar-refractivity contribution in [2.24, 2.45) is 0 Å². The molecule has 2 aromatic heterocycles. The van der Waals surface area contributed by atoms with Crippen LogP contribution < -0.4 is 4.90 Å². The molecule has 0 saturated heterocycles. The number of ketones is 1. The number of aromatic amines is 2. The molecule has 1 unspecified atom stereocenters. The molecule has 0 saturated carbocycles. The average Bonchev–Trinajstić information content (AvgIpc) is 3.40. The Morgan fingerprint density at radius 3 is 2.61 bits per heavy atom. The number of H-pyrrole nitrogens is 2. The number of imidazole rings is 1. The maximum Gasteiger partial charge on any atom is 0.317 e. The first-order valence-electron chi connectivity index (χ1n) is 10.5. The molecule has 3 aromatic rings. The van der Waals surface area contributed by atoms with E-state index >= 15 is 0 Å². The topological polar surface area (TPSA) is 135 Å². The van der Waals surface area contributed by atoms with Gasteiger partial charge in [-0.15, -0.1) is 0 Å². The normalized spacial score (nSPS) is 14.3. The summed E-state index contributed by atoms with van der Waals surface area (Å²) in [5.74, 6) is -2.56. The van der Waals surface area contributed by atoms with E-state index in [-0.39, 0.29) is 42.1 Å². The molecular formula is C22H23FN6O4. The fraction of sp³-hybridized carbons (Fsp3) is 0.318. The summed E-state index contributed by atoms with van der Waals surface area (Å²) < 4.78 is 13.4. The Hall–Kier alpha value is -4.02. The number of fused-ring (bicyclic) bond motifs is 1. The zero-order chi connectivity index (χ0) is 23.7. The highest BCUT2D eigenvalue weighted by atomic mass is 19.1. The van der Waals surface area contributed by atoms with Crippen molar-refractivity contribution < 1.29 is 23.9 Å². The fourth-order valence-corrected chi connectivity index (χ4v) is 3.99.